The Bertz CT molecular complexity index is 674. The number of hydrogen-bond donors (Lipinski definition) is 1. The number of methoxy groups -OCH3 is 1. The third-order valence-electron chi connectivity index (χ3n) is 3.19. The van der Waals surface area contributed by atoms with Crippen molar-refractivity contribution in [1.29, 1.82) is 5.26 Å². The Hall–Kier alpha value is -2.54. The maximum Gasteiger partial charge on any atom is 0.144 e. The first kappa shape index (κ1) is 14.9. The lowest BCUT2D eigenvalue weighted by molar-refractivity contribution is 0.416. The highest BCUT2D eigenvalue weighted by Gasteiger charge is 2.11. The second-order valence-corrected chi connectivity index (χ2v) is 4.83. The smallest absolute Gasteiger partial charge is 0.144 e. The van der Waals surface area contributed by atoms with Crippen LogP contribution in [0.4, 0.5) is 5.82 Å². The molecule has 2 aromatic rings. The zero-order valence-corrected chi connectivity index (χ0v) is 12.6. The summed E-state index contributed by atoms with van der Waals surface area (Å²) in [4.78, 5) is 4.59. The van der Waals surface area contributed by atoms with E-state index in [4.69, 9.17) is 10.00 Å². The molecule has 0 amide bonds. The van der Waals surface area contributed by atoms with Gasteiger partial charge in [0, 0.05) is 12.1 Å². The normalized spacial score (nSPS) is 10.0. The Balaban J connectivity index is 2.50. The fraction of sp³-hybridized carbons (Fsp3) is 0.294. The summed E-state index contributed by atoms with van der Waals surface area (Å²) < 4.78 is 5.41. The maximum atomic E-state index is 9.17. The van der Waals surface area contributed by atoms with Crippen LogP contribution in [0.2, 0.25) is 0 Å². The average Bonchev–Trinajstić information content (AvgIpc) is 2.52. The van der Waals surface area contributed by atoms with Crippen molar-refractivity contribution < 1.29 is 4.74 Å². The van der Waals surface area contributed by atoms with E-state index in [2.05, 4.69) is 23.3 Å². The summed E-state index contributed by atoms with van der Waals surface area (Å²) in [6.07, 6.45) is 0.977. The summed E-state index contributed by atoms with van der Waals surface area (Å²) in [6, 6.07) is 11.8. The van der Waals surface area contributed by atoms with Gasteiger partial charge in [-0.05, 0) is 37.6 Å². The molecule has 0 radical (unpaired) electrons. The quantitative estimate of drug-likeness (QED) is 0.906. The summed E-state index contributed by atoms with van der Waals surface area (Å²) in [5.74, 6) is 1.40. The molecule has 0 fully saturated rings. The predicted octanol–water partition coefficient (Wildman–Crippen LogP) is 3.76. The molecule has 0 aliphatic heterocycles. The van der Waals surface area contributed by atoms with Crippen molar-refractivity contribution in [2.45, 2.75) is 20.3 Å². The van der Waals surface area contributed by atoms with E-state index in [0.717, 1.165) is 35.5 Å². The highest BCUT2D eigenvalue weighted by molar-refractivity contribution is 5.71. The summed E-state index contributed by atoms with van der Waals surface area (Å²) in [5.41, 5.74) is 3.42. The van der Waals surface area contributed by atoms with Gasteiger partial charge in [0.05, 0.1) is 18.4 Å². The Morgan fingerprint density at radius 3 is 2.76 bits per heavy atom. The zero-order chi connectivity index (χ0) is 15.2. The SMILES string of the molecule is CCCNc1nc(-c2cc(C)ccc2OC)ccc1C#N. The average molecular weight is 281 g/mol. The minimum Gasteiger partial charge on any atom is -0.496 e. The Labute approximate surface area is 125 Å². The molecule has 4 nitrogen and oxygen atoms in total. The first-order chi connectivity index (χ1) is 10.2. The second-order valence-electron chi connectivity index (χ2n) is 4.83. The zero-order valence-electron chi connectivity index (χ0n) is 12.6. The number of aryl methyl sites for hydroxylation is 1. The van der Waals surface area contributed by atoms with Gasteiger partial charge in [-0.3, -0.25) is 0 Å². The molecule has 1 aromatic carbocycles. The number of nitriles is 1. The van der Waals surface area contributed by atoms with Crippen LogP contribution in [0.5, 0.6) is 5.75 Å². The lowest BCUT2D eigenvalue weighted by Gasteiger charge is -2.12. The van der Waals surface area contributed by atoms with E-state index in [1.165, 1.54) is 0 Å². The van der Waals surface area contributed by atoms with Crippen LogP contribution in [0.25, 0.3) is 11.3 Å². The number of nitrogens with zero attached hydrogens (tertiary/aromatic N) is 2. The monoisotopic (exact) mass is 281 g/mol. The number of benzene rings is 1. The van der Waals surface area contributed by atoms with Crippen molar-refractivity contribution in [2.75, 3.05) is 19.0 Å². The molecule has 1 heterocycles. The lowest BCUT2D eigenvalue weighted by atomic mass is 10.1. The van der Waals surface area contributed by atoms with Crippen LogP contribution in [0, 0.1) is 18.3 Å². The number of aromatic nitrogens is 1. The van der Waals surface area contributed by atoms with Gasteiger partial charge in [0.25, 0.3) is 0 Å². The van der Waals surface area contributed by atoms with Crippen molar-refractivity contribution in [3.05, 3.63) is 41.5 Å². The lowest BCUT2D eigenvalue weighted by Crippen LogP contribution is -2.05. The molecule has 0 saturated heterocycles. The summed E-state index contributed by atoms with van der Waals surface area (Å²) in [5, 5.41) is 12.4. The third-order valence-corrected chi connectivity index (χ3v) is 3.19. The molecule has 0 bridgehead atoms. The maximum absolute atomic E-state index is 9.17. The van der Waals surface area contributed by atoms with Crippen LogP contribution in [0.15, 0.2) is 30.3 Å². The highest BCUT2D eigenvalue weighted by atomic mass is 16.5. The molecule has 0 unspecified atom stereocenters. The molecule has 0 aliphatic rings. The van der Waals surface area contributed by atoms with Gasteiger partial charge in [0.15, 0.2) is 0 Å². The molecule has 2 rings (SSSR count). The minimum atomic E-state index is 0.554. The van der Waals surface area contributed by atoms with Crippen LogP contribution in [-0.2, 0) is 0 Å². The molecule has 1 N–H and O–H groups in total. The first-order valence-corrected chi connectivity index (χ1v) is 6.99. The van der Waals surface area contributed by atoms with E-state index in [0.29, 0.717) is 11.4 Å². The van der Waals surface area contributed by atoms with Crippen LogP contribution in [0.3, 0.4) is 0 Å². The fourth-order valence-corrected chi connectivity index (χ4v) is 2.10. The molecule has 0 aliphatic carbocycles. The molecule has 1 aromatic heterocycles. The number of rotatable bonds is 5. The van der Waals surface area contributed by atoms with Crippen LogP contribution >= 0.6 is 0 Å². The largest absolute Gasteiger partial charge is 0.496 e. The molecular formula is C17H19N3O. The van der Waals surface area contributed by atoms with Crippen LogP contribution in [0.1, 0.15) is 24.5 Å². The van der Waals surface area contributed by atoms with Crippen molar-refractivity contribution in [3.63, 3.8) is 0 Å². The number of ether oxygens (including phenoxy) is 1. The molecule has 21 heavy (non-hydrogen) atoms. The Kier molecular flexibility index (Phi) is 4.78. The minimum absolute atomic E-state index is 0.554. The number of anilines is 1. The van der Waals surface area contributed by atoms with Gasteiger partial charge in [-0.2, -0.15) is 5.26 Å². The van der Waals surface area contributed by atoms with Crippen molar-refractivity contribution in [2.24, 2.45) is 0 Å². The number of hydrogen-bond acceptors (Lipinski definition) is 4. The number of nitrogens with one attached hydrogen (secondary N) is 1. The summed E-state index contributed by atoms with van der Waals surface area (Å²) in [6.45, 7) is 4.89. The van der Waals surface area contributed by atoms with Gasteiger partial charge < -0.3 is 10.1 Å². The summed E-state index contributed by atoms with van der Waals surface area (Å²) >= 11 is 0. The van der Waals surface area contributed by atoms with Gasteiger partial charge in [-0.25, -0.2) is 4.98 Å². The molecule has 0 spiro atoms. The van der Waals surface area contributed by atoms with Gasteiger partial charge in [-0.1, -0.05) is 18.6 Å². The van der Waals surface area contributed by atoms with Crippen molar-refractivity contribution in [1.82, 2.24) is 4.98 Å². The molecular weight excluding hydrogens is 262 g/mol. The molecule has 0 atom stereocenters. The van der Waals surface area contributed by atoms with Gasteiger partial charge in [0.2, 0.25) is 0 Å². The highest BCUT2D eigenvalue weighted by Crippen LogP contribution is 2.31. The van der Waals surface area contributed by atoms with E-state index in [-0.39, 0.29) is 0 Å². The molecule has 4 heteroatoms. The topological polar surface area (TPSA) is 57.9 Å². The Morgan fingerprint density at radius 1 is 1.29 bits per heavy atom. The first-order valence-electron chi connectivity index (χ1n) is 6.99. The van der Waals surface area contributed by atoms with Crippen LogP contribution < -0.4 is 10.1 Å². The van der Waals surface area contributed by atoms with E-state index < -0.39 is 0 Å². The number of pyridine rings is 1. The van der Waals surface area contributed by atoms with Gasteiger partial charge in [-0.15, -0.1) is 0 Å². The molecule has 108 valence electrons. The van der Waals surface area contributed by atoms with E-state index in [1.54, 1.807) is 13.2 Å². The van der Waals surface area contributed by atoms with E-state index in [9.17, 15) is 0 Å². The van der Waals surface area contributed by atoms with Gasteiger partial charge >= 0.3 is 0 Å². The second kappa shape index (κ2) is 6.76. The predicted molar refractivity (Wildman–Crippen MR) is 84.5 cm³/mol. The molecule has 0 saturated carbocycles. The Morgan fingerprint density at radius 2 is 2.10 bits per heavy atom. The van der Waals surface area contributed by atoms with E-state index >= 15 is 0 Å². The van der Waals surface area contributed by atoms with Crippen molar-refractivity contribution >= 4 is 5.82 Å². The van der Waals surface area contributed by atoms with Gasteiger partial charge in [0.1, 0.15) is 17.6 Å². The fourth-order valence-electron chi connectivity index (χ4n) is 2.10. The third kappa shape index (κ3) is 3.32. The standard InChI is InChI=1S/C17H19N3O/c1-4-9-19-17-13(11-18)6-7-15(20-17)14-10-12(2)5-8-16(14)21-3/h5-8,10H,4,9H2,1-3H3,(H,19,20). The van der Waals surface area contributed by atoms with Crippen LogP contribution in [-0.4, -0.2) is 18.6 Å². The van der Waals surface area contributed by atoms with E-state index in [1.807, 2.05) is 31.2 Å². The summed E-state index contributed by atoms with van der Waals surface area (Å²) in [7, 11) is 1.65. The van der Waals surface area contributed by atoms with Crippen molar-refractivity contribution in [3.8, 4) is 23.1 Å².